The van der Waals surface area contributed by atoms with Crippen LogP contribution in [0.1, 0.15) is 80.6 Å². The van der Waals surface area contributed by atoms with E-state index in [2.05, 4.69) is 14.8 Å². The lowest BCUT2D eigenvalue weighted by Gasteiger charge is -2.42. The summed E-state index contributed by atoms with van der Waals surface area (Å²) in [6.07, 6.45) is 14.0. The van der Waals surface area contributed by atoms with Crippen molar-refractivity contribution >= 4 is 22.8 Å². The first-order valence-electron chi connectivity index (χ1n) is 13.3. The fourth-order valence-corrected chi connectivity index (χ4v) is 5.92. The topological polar surface area (TPSA) is 80.4 Å². The Morgan fingerprint density at radius 3 is 2.29 bits per heavy atom. The number of carbonyl (C=O) groups is 2. The summed E-state index contributed by atoms with van der Waals surface area (Å²) in [5.41, 5.74) is 1.86. The number of aromatic nitrogens is 2. The Bertz CT molecular complexity index is 1110. The second kappa shape index (κ2) is 11.1. The van der Waals surface area contributed by atoms with Gasteiger partial charge in [-0.15, -0.1) is 0 Å². The van der Waals surface area contributed by atoms with Crippen molar-refractivity contribution in [3.8, 4) is 0 Å². The maximum Gasteiger partial charge on any atom is 0.286 e. The van der Waals surface area contributed by atoms with Crippen LogP contribution in [0, 0.1) is 0 Å². The molecule has 1 aromatic carbocycles. The predicted octanol–water partition coefficient (Wildman–Crippen LogP) is 5.10. The van der Waals surface area contributed by atoms with Crippen LogP contribution in [0.15, 0.2) is 47.1 Å². The molecule has 2 aliphatic rings. The third kappa shape index (κ3) is 5.44. The summed E-state index contributed by atoms with van der Waals surface area (Å²) in [5.74, 6) is 1.10. The van der Waals surface area contributed by atoms with Crippen LogP contribution >= 0.6 is 0 Å². The Balaban J connectivity index is 1.35. The molecule has 0 aliphatic heterocycles. The minimum atomic E-state index is -0.241. The van der Waals surface area contributed by atoms with E-state index in [1.165, 1.54) is 44.8 Å². The fraction of sp³-hybridized carbons (Fsp3) is 0.536. The van der Waals surface area contributed by atoms with Crippen molar-refractivity contribution in [2.24, 2.45) is 0 Å². The molecule has 0 radical (unpaired) electrons. The van der Waals surface area contributed by atoms with Gasteiger partial charge in [0.1, 0.15) is 12.4 Å². The van der Waals surface area contributed by atoms with Crippen molar-refractivity contribution in [2.45, 2.75) is 89.3 Å². The minimum Gasteiger partial charge on any atom is -0.459 e. The van der Waals surface area contributed by atoms with E-state index in [9.17, 15) is 9.59 Å². The number of rotatable bonds is 8. The summed E-state index contributed by atoms with van der Waals surface area (Å²) < 4.78 is 7.25. The molecule has 0 saturated heterocycles. The zero-order valence-electron chi connectivity index (χ0n) is 20.5. The standard InChI is InChI=1S/C28H36N4O3/c33-27(32(21-10-3-1-4-11-21)22-12-5-2-6-13-22)20-31-24-15-8-7-14-23(24)30-26(31)17-18-29-28(34)25-16-9-19-35-25/h7-9,14-16,19,21-22H,1-6,10-13,17-18,20H2,(H,29,34). The molecule has 7 nitrogen and oxygen atoms in total. The number of para-hydroxylation sites is 2. The highest BCUT2D eigenvalue weighted by Gasteiger charge is 2.33. The first kappa shape index (κ1) is 23.6. The van der Waals surface area contributed by atoms with Gasteiger partial charge in [-0.25, -0.2) is 4.98 Å². The van der Waals surface area contributed by atoms with Gasteiger partial charge in [-0.1, -0.05) is 50.7 Å². The number of amides is 2. The van der Waals surface area contributed by atoms with Gasteiger partial charge in [0.15, 0.2) is 5.76 Å². The van der Waals surface area contributed by atoms with Crippen molar-refractivity contribution in [1.82, 2.24) is 19.8 Å². The van der Waals surface area contributed by atoms with Gasteiger partial charge in [0.05, 0.1) is 17.3 Å². The van der Waals surface area contributed by atoms with E-state index in [1.807, 2.05) is 24.3 Å². The molecule has 3 aromatic rings. The number of nitrogens with zero attached hydrogens (tertiary/aromatic N) is 3. The van der Waals surface area contributed by atoms with Crippen molar-refractivity contribution in [2.75, 3.05) is 6.54 Å². The molecule has 2 saturated carbocycles. The Kier molecular flexibility index (Phi) is 7.50. The molecule has 0 bridgehead atoms. The summed E-state index contributed by atoms with van der Waals surface area (Å²) in [6.45, 7) is 0.723. The third-order valence-electron chi connectivity index (χ3n) is 7.63. The number of hydrogen-bond donors (Lipinski definition) is 1. The lowest BCUT2D eigenvalue weighted by molar-refractivity contribution is -0.138. The first-order chi connectivity index (χ1) is 17.2. The number of fused-ring (bicyclic) bond motifs is 1. The SMILES string of the molecule is O=C(NCCc1nc2ccccc2n1CC(=O)N(C1CCCCC1)C1CCCCC1)c1ccco1. The molecule has 2 heterocycles. The van der Waals surface area contributed by atoms with E-state index in [0.29, 0.717) is 37.4 Å². The van der Waals surface area contributed by atoms with Gasteiger partial charge in [0, 0.05) is 25.0 Å². The molecule has 7 heteroatoms. The second-order valence-electron chi connectivity index (χ2n) is 9.97. The molecule has 0 atom stereocenters. The molecule has 2 amide bonds. The van der Waals surface area contributed by atoms with Crippen molar-refractivity contribution in [3.63, 3.8) is 0 Å². The Hall–Kier alpha value is -3.09. The second-order valence-corrected chi connectivity index (χ2v) is 9.97. The minimum absolute atomic E-state index is 0.216. The van der Waals surface area contributed by atoms with Crippen molar-refractivity contribution in [3.05, 3.63) is 54.2 Å². The van der Waals surface area contributed by atoms with Crippen LogP contribution in [-0.4, -0.2) is 44.9 Å². The van der Waals surface area contributed by atoms with Gasteiger partial charge in [-0.2, -0.15) is 0 Å². The van der Waals surface area contributed by atoms with Crippen LogP contribution in [0.3, 0.4) is 0 Å². The van der Waals surface area contributed by atoms with Gasteiger partial charge < -0.3 is 19.2 Å². The molecule has 1 N–H and O–H groups in total. The summed E-state index contributed by atoms with van der Waals surface area (Å²) in [6, 6.07) is 12.1. The van der Waals surface area contributed by atoms with Crippen molar-refractivity contribution in [1.29, 1.82) is 0 Å². The van der Waals surface area contributed by atoms with Crippen LogP contribution in [-0.2, 0) is 17.8 Å². The van der Waals surface area contributed by atoms with Crippen molar-refractivity contribution < 1.29 is 14.0 Å². The lowest BCUT2D eigenvalue weighted by Crippen LogP contribution is -2.50. The fourth-order valence-electron chi connectivity index (χ4n) is 5.92. The van der Waals surface area contributed by atoms with Crippen LogP contribution in [0.2, 0.25) is 0 Å². The monoisotopic (exact) mass is 476 g/mol. The third-order valence-corrected chi connectivity index (χ3v) is 7.63. The maximum absolute atomic E-state index is 13.9. The zero-order chi connectivity index (χ0) is 24.0. The highest BCUT2D eigenvalue weighted by Crippen LogP contribution is 2.31. The average Bonchev–Trinajstić information content (AvgIpc) is 3.55. The Morgan fingerprint density at radius 2 is 1.63 bits per heavy atom. The summed E-state index contributed by atoms with van der Waals surface area (Å²) in [7, 11) is 0. The quantitative estimate of drug-likeness (QED) is 0.491. The molecule has 186 valence electrons. The van der Waals surface area contributed by atoms with Crippen LogP contribution in [0.5, 0.6) is 0 Å². The molecule has 35 heavy (non-hydrogen) atoms. The van der Waals surface area contributed by atoms with E-state index >= 15 is 0 Å². The molecule has 2 fully saturated rings. The van der Waals surface area contributed by atoms with Crippen LogP contribution in [0.25, 0.3) is 11.0 Å². The number of nitrogens with one attached hydrogen (secondary N) is 1. The number of carbonyl (C=O) groups excluding carboxylic acids is 2. The average molecular weight is 477 g/mol. The maximum atomic E-state index is 13.9. The smallest absolute Gasteiger partial charge is 0.286 e. The molecule has 2 aliphatic carbocycles. The highest BCUT2D eigenvalue weighted by molar-refractivity contribution is 5.91. The summed E-state index contributed by atoms with van der Waals surface area (Å²) in [4.78, 5) is 33.3. The first-order valence-corrected chi connectivity index (χ1v) is 13.3. The predicted molar refractivity (Wildman–Crippen MR) is 135 cm³/mol. The largest absolute Gasteiger partial charge is 0.459 e. The highest BCUT2D eigenvalue weighted by atomic mass is 16.3. The van der Waals surface area contributed by atoms with Gasteiger partial charge in [0.25, 0.3) is 5.91 Å². The Labute approximate surface area is 206 Å². The van der Waals surface area contributed by atoms with Gasteiger partial charge in [0.2, 0.25) is 5.91 Å². The number of imidazole rings is 1. The van der Waals surface area contributed by atoms with Gasteiger partial charge >= 0.3 is 0 Å². The van der Waals surface area contributed by atoms with Gasteiger partial charge in [-0.3, -0.25) is 9.59 Å². The molecule has 5 rings (SSSR count). The van der Waals surface area contributed by atoms with E-state index in [-0.39, 0.29) is 11.8 Å². The van der Waals surface area contributed by atoms with Crippen LogP contribution in [0.4, 0.5) is 0 Å². The molecular formula is C28H36N4O3. The van der Waals surface area contributed by atoms with E-state index in [0.717, 1.165) is 42.5 Å². The zero-order valence-corrected chi connectivity index (χ0v) is 20.5. The molecule has 0 unspecified atom stereocenters. The normalized spacial score (nSPS) is 17.5. The number of benzene rings is 1. The molecule has 0 spiro atoms. The number of hydrogen-bond acceptors (Lipinski definition) is 4. The number of furan rings is 1. The van der Waals surface area contributed by atoms with E-state index in [1.54, 1.807) is 12.1 Å². The summed E-state index contributed by atoms with van der Waals surface area (Å²) >= 11 is 0. The summed E-state index contributed by atoms with van der Waals surface area (Å²) in [5, 5.41) is 2.90. The van der Waals surface area contributed by atoms with E-state index < -0.39 is 0 Å². The molecular weight excluding hydrogens is 440 g/mol. The lowest BCUT2D eigenvalue weighted by atomic mass is 9.88. The van der Waals surface area contributed by atoms with Gasteiger partial charge in [-0.05, 0) is 49.9 Å². The van der Waals surface area contributed by atoms with Crippen LogP contribution < -0.4 is 5.32 Å². The van der Waals surface area contributed by atoms with E-state index in [4.69, 9.17) is 9.40 Å². The Morgan fingerprint density at radius 1 is 0.943 bits per heavy atom. The molecule has 2 aromatic heterocycles.